The number of carbonyl (C=O) groups is 1. The van der Waals surface area contributed by atoms with Gasteiger partial charge in [0.05, 0.1) is 0 Å². The molecule has 0 aromatic rings. The predicted molar refractivity (Wildman–Crippen MR) is 43.8 cm³/mol. The highest BCUT2D eigenvalue weighted by Crippen LogP contribution is 2.27. The van der Waals surface area contributed by atoms with Crippen molar-refractivity contribution in [3.8, 4) is 0 Å². The van der Waals surface area contributed by atoms with Gasteiger partial charge >= 0.3 is 0 Å². The van der Waals surface area contributed by atoms with Crippen molar-refractivity contribution >= 4 is 12.1 Å². The van der Waals surface area contributed by atoms with Crippen LogP contribution in [0.5, 0.6) is 0 Å². The zero-order valence-electron chi connectivity index (χ0n) is 6.50. The van der Waals surface area contributed by atoms with Gasteiger partial charge in [-0.05, 0) is 23.8 Å². The van der Waals surface area contributed by atoms with E-state index in [1.54, 1.807) is 0 Å². The summed E-state index contributed by atoms with van der Waals surface area (Å²) in [6.07, 6.45) is 2.89. The molecule has 0 aromatic carbocycles. The lowest BCUT2D eigenvalue weighted by molar-refractivity contribution is -0.114. The van der Waals surface area contributed by atoms with E-state index in [1.807, 2.05) is 0 Å². The molecule has 2 nitrogen and oxygen atoms in total. The quantitative estimate of drug-likeness (QED) is 0.558. The molecule has 0 spiro atoms. The lowest BCUT2D eigenvalue weighted by atomic mass is 9.96. The Balaban J connectivity index is 2.49. The predicted octanol–water partition coefficient (Wildman–Crippen LogP) is 1.66. The van der Waals surface area contributed by atoms with E-state index >= 15 is 0 Å². The fraction of sp³-hybridized carbons (Fsp3) is 0.111. The Kier molecular flexibility index (Phi) is 1.69. The number of alkyl halides is 1. The fourth-order valence-electron chi connectivity index (χ4n) is 1.22. The number of halogens is 2. The van der Waals surface area contributed by atoms with Gasteiger partial charge in [-0.15, -0.1) is 0 Å². The van der Waals surface area contributed by atoms with E-state index in [2.05, 4.69) is 4.99 Å². The summed E-state index contributed by atoms with van der Waals surface area (Å²) in [5.74, 6) is -1.40. The number of hydrogen-bond acceptors (Lipinski definition) is 1. The lowest BCUT2D eigenvalue weighted by Crippen LogP contribution is -2.14. The van der Waals surface area contributed by atoms with Crippen LogP contribution in [0.2, 0.25) is 0 Å². The molecule has 1 heterocycles. The van der Waals surface area contributed by atoms with E-state index < -0.39 is 17.9 Å². The number of nitrogens with zero attached hydrogens (tertiary/aromatic N) is 1. The molecule has 66 valence electrons. The molecule has 4 heteroatoms. The second kappa shape index (κ2) is 2.73. The molecule has 1 aliphatic carbocycles. The summed E-state index contributed by atoms with van der Waals surface area (Å²) >= 11 is 0. The van der Waals surface area contributed by atoms with E-state index in [0.29, 0.717) is 5.57 Å². The van der Waals surface area contributed by atoms with E-state index in [4.69, 9.17) is 0 Å². The molecule has 0 saturated carbocycles. The number of carbonyl (C=O) groups excluding carboxylic acids is 1. The Hall–Kier alpha value is -1.58. The Morgan fingerprint density at radius 2 is 2.23 bits per heavy atom. The van der Waals surface area contributed by atoms with Crippen molar-refractivity contribution in [1.29, 1.82) is 0 Å². The van der Waals surface area contributed by atoms with Crippen LogP contribution in [0.3, 0.4) is 0 Å². The first-order chi connectivity index (χ1) is 6.18. The second-order valence-corrected chi connectivity index (χ2v) is 2.72. The lowest BCUT2D eigenvalue weighted by Gasteiger charge is -2.14. The fourth-order valence-corrected chi connectivity index (χ4v) is 1.22. The SMILES string of the molecule is O=C1N=CC=C2C=C(F)C(F)C=C12. The molecule has 1 atom stereocenters. The van der Waals surface area contributed by atoms with Crippen LogP contribution in [0.15, 0.2) is 40.2 Å². The number of dihydropyridines is 1. The maximum Gasteiger partial charge on any atom is 0.277 e. The van der Waals surface area contributed by atoms with Crippen molar-refractivity contribution in [1.82, 2.24) is 0 Å². The maximum absolute atomic E-state index is 12.8. The molecule has 0 radical (unpaired) electrons. The van der Waals surface area contributed by atoms with Crippen LogP contribution in [-0.2, 0) is 4.79 Å². The molecule has 2 rings (SSSR count). The van der Waals surface area contributed by atoms with Gasteiger partial charge in [0.2, 0.25) is 0 Å². The highest BCUT2D eigenvalue weighted by atomic mass is 19.2. The van der Waals surface area contributed by atoms with Gasteiger partial charge in [0.25, 0.3) is 5.91 Å². The van der Waals surface area contributed by atoms with E-state index in [-0.39, 0.29) is 5.57 Å². The molecule has 0 aromatic heterocycles. The van der Waals surface area contributed by atoms with Gasteiger partial charge in [-0.25, -0.2) is 13.8 Å². The third kappa shape index (κ3) is 1.24. The normalized spacial score (nSPS) is 26.2. The van der Waals surface area contributed by atoms with Crippen LogP contribution in [0, 0.1) is 0 Å². The highest BCUT2D eigenvalue weighted by Gasteiger charge is 2.24. The van der Waals surface area contributed by atoms with Crippen molar-refractivity contribution in [3.63, 3.8) is 0 Å². The number of hydrogen-bond donors (Lipinski definition) is 0. The summed E-state index contributed by atoms with van der Waals surface area (Å²) in [6, 6.07) is 0. The van der Waals surface area contributed by atoms with Crippen molar-refractivity contribution in [2.75, 3.05) is 0 Å². The van der Waals surface area contributed by atoms with E-state index in [0.717, 1.165) is 12.2 Å². The number of amides is 1. The van der Waals surface area contributed by atoms with Crippen molar-refractivity contribution < 1.29 is 13.6 Å². The van der Waals surface area contributed by atoms with Gasteiger partial charge < -0.3 is 0 Å². The molecule has 0 fully saturated rings. The zero-order valence-corrected chi connectivity index (χ0v) is 6.50. The van der Waals surface area contributed by atoms with Crippen molar-refractivity contribution in [2.24, 2.45) is 4.99 Å². The first-order valence-corrected chi connectivity index (χ1v) is 3.70. The number of aliphatic imine (C=N–C) groups is 1. The Bertz CT molecular complexity index is 390. The molecular formula is C9H5F2NO. The molecule has 0 bridgehead atoms. The third-order valence-corrected chi connectivity index (χ3v) is 1.86. The van der Waals surface area contributed by atoms with Crippen LogP contribution in [0.25, 0.3) is 0 Å². The highest BCUT2D eigenvalue weighted by molar-refractivity contribution is 6.08. The van der Waals surface area contributed by atoms with Crippen LogP contribution in [-0.4, -0.2) is 18.3 Å². The molecule has 1 unspecified atom stereocenters. The maximum atomic E-state index is 12.8. The summed E-state index contributed by atoms with van der Waals surface area (Å²) in [4.78, 5) is 14.5. The van der Waals surface area contributed by atoms with Crippen LogP contribution < -0.4 is 0 Å². The Morgan fingerprint density at radius 3 is 3.00 bits per heavy atom. The first-order valence-electron chi connectivity index (χ1n) is 3.70. The van der Waals surface area contributed by atoms with Gasteiger partial charge in [0, 0.05) is 11.8 Å². The summed E-state index contributed by atoms with van der Waals surface area (Å²) in [5, 5.41) is 0. The third-order valence-electron chi connectivity index (χ3n) is 1.86. The van der Waals surface area contributed by atoms with Crippen LogP contribution in [0.1, 0.15) is 0 Å². The molecular weight excluding hydrogens is 176 g/mol. The summed E-state index contributed by atoms with van der Waals surface area (Å²) in [5.41, 5.74) is 0.516. The topological polar surface area (TPSA) is 29.4 Å². The molecule has 1 amide bonds. The second-order valence-electron chi connectivity index (χ2n) is 2.72. The first kappa shape index (κ1) is 8.04. The largest absolute Gasteiger partial charge is 0.277 e. The Morgan fingerprint density at radius 1 is 1.46 bits per heavy atom. The molecule has 0 N–H and O–H groups in total. The van der Waals surface area contributed by atoms with Gasteiger partial charge in [-0.3, -0.25) is 4.79 Å². The van der Waals surface area contributed by atoms with E-state index in [9.17, 15) is 13.6 Å². The summed E-state index contributed by atoms with van der Waals surface area (Å²) < 4.78 is 25.5. The smallest absolute Gasteiger partial charge is 0.267 e. The van der Waals surface area contributed by atoms with Crippen LogP contribution in [0.4, 0.5) is 8.78 Å². The molecule has 2 aliphatic rings. The number of fused-ring (bicyclic) bond motifs is 1. The van der Waals surface area contributed by atoms with Gasteiger partial charge in [-0.1, -0.05) is 0 Å². The van der Waals surface area contributed by atoms with Crippen molar-refractivity contribution in [2.45, 2.75) is 6.17 Å². The minimum atomic E-state index is -1.82. The number of allylic oxidation sites excluding steroid dienone is 4. The van der Waals surface area contributed by atoms with Gasteiger partial charge in [0.1, 0.15) is 5.83 Å². The molecule has 0 saturated heterocycles. The minimum absolute atomic E-state index is 0.136. The van der Waals surface area contributed by atoms with Crippen molar-refractivity contribution in [3.05, 3.63) is 35.2 Å². The van der Waals surface area contributed by atoms with Gasteiger partial charge in [0.15, 0.2) is 6.17 Å². The van der Waals surface area contributed by atoms with Crippen LogP contribution >= 0.6 is 0 Å². The molecule has 1 aliphatic heterocycles. The molecule has 13 heavy (non-hydrogen) atoms. The zero-order chi connectivity index (χ0) is 9.42. The average molecular weight is 181 g/mol. The van der Waals surface area contributed by atoms with E-state index in [1.165, 1.54) is 12.3 Å². The average Bonchev–Trinajstić information content (AvgIpc) is 2.09. The number of rotatable bonds is 0. The summed E-state index contributed by atoms with van der Waals surface area (Å²) in [6.45, 7) is 0. The monoisotopic (exact) mass is 181 g/mol. The van der Waals surface area contributed by atoms with Gasteiger partial charge in [-0.2, -0.15) is 0 Å². The summed E-state index contributed by atoms with van der Waals surface area (Å²) in [7, 11) is 0. The minimum Gasteiger partial charge on any atom is -0.267 e. The standard InChI is InChI=1S/C9H5F2NO/c10-7-3-5-1-2-12-9(13)6(5)4-8(7)11/h1-4,8H. The Labute approximate surface area is 73.0 Å².